The van der Waals surface area contributed by atoms with E-state index in [1.54, 1.807) is 4.90 Å². The van der Waals surface area contributed by atoms with Gasteiger partial charge in [0.05, 0.1) is 0 Å². The van der Waals surface area contributed by atoms with Crippen molar-refractivity contribution in [3.05, 3.63) is 0 Å². The van der Waals surface area contributed by atoms with Crippen LogP contribution in [-0.4, -0.2) is 30.2 Å². The van der Waals surface area contributed by atoms with E-state index >= 15 is 0 Å². The lowest BCUT2D eigenvalue weighted by Crippen LogP contribution is -2.43. The van der Waals surface area contributed by atoms with Crippen LogP contribution < -0.4 is 0 Å². The average Bonchev–Trinajstić information content (AvgIpc) is 1.82. The van der Waals surface area contributed by atoms with E-state index in [0.29, 0.717) is 5.92 Å². The normalized spacial score (nSPS) is 18.8. The van der Waals surface area contributed by atoms with Crippen molar-refractivity contribution in [3.63, 3.8) is 0 Å². The Morgan fingerprint density at radius 1 is 1.33 bits per heavy atom. The van der Waals surface area contributed by atoms with Gasteiger partial charge in [0.25, 0.3) is 0 Å². The van der Waals surface area contributed by atoms with E-state index in [9.17, 15) is 4.79 Å². The molecule has 0 N–H and O–H groups in total. The number of amides is 1. The van der Waals surface area contributed by atoms with E-state index in [4.69, 9.17) is 4.74 Å². The topological polar surface area (TPSA) is 29.5 Å². The molecule has 1 unspecified atom stereocenters. The molecule has 0 aromatic carbocycles. The molecule has 1 aliphatic heterocycles. The first-order chi connectivity index (χ1) is 5.61. The molecule has 0 aromatic rings. The quantitative estimate of drug-likeness (QED) is 0.634. The van der Waals surface area contributed by atoms with Gasteiger partial charge in [-0.2, -0.15) is 0 Å². The van der Waals surface area contributed by atoms with Crippen LogP contribution >= 0.6 is 0 Å². The summed E-state index contributed by atoms with van der Waals surface area (Å²) in [6, 6.07) is 0. The molecule has 1 aliphatic rings. The first kappa shape index (κ1) is 9.36. The predicted octanol–water partition coefficient (Wildman–Crippen LogP) is 1.87. The summed E-state index contributed by atoms with van der Waals surface area (Å²) in [5.41, 5.74) is 0. The lowest BCUT2D eigenvalue weighted by Gasteiger charge is -2.31. The molecule has 1 rings (SSSR count). The van der Waals surface area contributed by atoms with Crippen molar-refractivity contribution < 1.29 is 9.53 Å². The molecule has 0 bridgehead atoms. The third kappa shape index (κ3) is 2.13. The van der Waals surface area contributed by atoms with Gasteiger partial charge in [0.1, 0.15) is 6.10 Å². The smallest absolute Gasteiger partial charge is 0.410 e. The Labute approximate surface area is 73.7 Å². The Bertz CT molecular complexity index is 164. The van der Waals surface area contributed by atoms with Crippen LogP contribution in [0.25, 0.3) is 0 Å². The zero-order chi connectivity index (χ0) is 9.14. The zero-order valence-corrected chi connectivity index (χ0v) is 8.04. The molecule has 3 nitrogen and oxygen atoms in total. The highest BCUT2D eigenvalue weighted by molar-refractivity contribution is 5.68. The molecule has 1 heterocycles. The van der Waals surface area contributed by atoms with Crippen LogP contribution in [0.1, 0.15) is 27.2 Å². The lowest BCUT2D eigenvalue weighted by molar-refractivity contribution is 0.0365. The fourth-order valence-corrected chi connectivity index (χ4v) is 0.868. The van der Waals surface area contributed by atoms with Crippen LogP contribution in [0.2, 0.25) is 0 Å². The second-order valence-electron chi connectivity index (χ2n) is 3.67. The van der Waals surface area contributed by atoms with E-state index in [1.807, 2.05) is 20.8 Å². The SMILES string of the molecule is CC(C)C(C)OC(=O)N1CCC1. The Morgan fingerprint density at radius 3 is 2.25 bits per heavy atom. The highest BCUT2D eigenvalue weighted by Crippen LogP contribution is 2.12. The highest BCUT2D eigenvalue weighted by atomic mass is 16.6. The summed E-state index contributed by atoms with van der Waals surface area (Å²) >= 11 is 0. The number of carbonyl (C=O) groups excluding carboxylic acids is 1. The van der Waals surface area contributed by atoms with Gasteiger partial charge in [-0.05, 0) is 19.3 Å². The molecule has 12 heavy (non-hydrogen) atoms. The van der Waals surface area contributed by atoms with Crippen molar-refractivity contribution in [2.75, 3.05) is 13.1 Å². The molecular weight excluding hydrogens is 154 g/mol. The molecule has 70 valence electrons. The van der Waals surface area contributed by atoms with Gasteiger partial charge in [0.2, 0.25) is 0 Å². The maximum Gasteiger partial charge on any atom is 0.410 e. The summed E-state index contributed by atoms with van der Waals surface area (Å²) in [7, 11) is 0. The van der Waals surface area contributed by atoms with Crippen LogP contribution in [0.15, 0.2) is 0 Å². The van der Waals surface area contributed by atoms with Crippen LogP contribution in [0.4, 0.5) is 4.79 Å². The zero-order valence-electron chi connectivity index (χ0n) is 8.04. The first-order valence-electron chi connectivity index (χ1n) is 4.57. The van der Waals surface area contributed by atoms with Crippen LogP contribution in [-0.2, 0) is 4.74 Å². The molecule has 0 aliphatic carbocycles. The molecular formula is C9H17NO2. The number of likely N-dealkylation sites (tertiary alicyclic amines) is 1. The summed E-state index contributed by atoms with van der Waals surface area (Å²) in [4.78, 5) is 13.0. The van der Waals surface area contributed by atoms with Gasteiger partial charge in [-0.1, -0.05) is 13.8 Å². The van der Waals surface area contributed by atoms with E-state index in [-0.39, 0.29) is 12.2 Å². The minimum Gasteiger partial charge on any atom is -0.446 e. The largest absolute Gasteiger partial charge is 0.446 e. The fraction of sp³-hybridized carbons (Fsp3) is 0.889. The van der Waals surface area contributed by atoms with Gasteiger partial charge in [0.15, 0.2) is 0 Å². The number of ether oxygens (including phenoxy) is 1. The third-order valence-electron chi connectivity index (χ3n) is 2.34. The van der Waals surface area contributed by atoms with Crippen molar-refractivity contribution >= 4 is 6.09 Å². The van der Waals surface area contributed by atoms with Gasteiger partial charge in [-0.25, -0.2) is 4.79 Å². The van der Waals surface area contributed by atoms with E-state index in [2.05, 4.69) is 0 Å². The van der Waals surface area contributed by atoms with Crippen molar-refractivity contribution in [2.24, 2.45) is 5.92 Å². The van der Waals surface area contributed by atoms with Crippen LogP contribution in [0.3, 0.4) is 0 Å². The Kier molecular flexibility index (Phi) is 2.95. The molecule has 0 radical (unpaired) electrons. The average molecular weight is 171 g/mol. The van der Waals surface area contributed by atoms with Crippen LogP contribution in [0.5, 0.6) is 0 Å². The second-order valence-corrected chi connectivity index (χ2v) is 3.67. The van der Waals surface area contributed by atoms with Crippen molar-refractivity contribution in [1.82, 2.24) is 4.90 Å². The summed E-state index contributed by atoms with van der Waals surface area (Å²) in [6.45, 7) is 7.76. The molecule has 1 fully saturated rings. The van der Waals surface area contributed by atoms with Gasteiger partial charge < -0.3 is 9.64 Å². The molecule has 0 saturated carbocycles. The maximum absolute atomic E-state index is 11.2. The molecule has 0 spiro atoms. The van der Waals surface area contributed by atoms with E-state index in [1.165, 1.54) is 0 Å². The lowest BCUT2D eigenvalue weighted by atomic mass is 10.1. The second kappa shape index (κ2) is 3.78. The first-order valence-corrected chi connectivity index (χ1v) is 4.57. The number of hydrogen-bond acceptors (Lipinski definition) is 2. The minimum atomic E-state index is -0.151. The van der Waals surface area contributed by atoms with Crippen molar-refractivity contribution in [2.45, 2.75) is 33.3 Å². The third-order valence-corrected chi connectivity index (χ3v) is 2.34. The molecule has 1 amide bonds. The summed E-state index contributed by atoms with van der Waals surface area (Å²) in [5.74, 6) is 0.398. The minimum absolute atomic E-state index is 0.0260. The highest BCUT2D eigenvalue weighted by Gasteiger charge is 2.23. The van der Waals surface area contributed by atoms with Crippen LogP contribution in [0, 0.1) is 5.92 Å². The molecule has 1 saturated heterocycles. The number of hydrogen-bond donors (Lipinski definition) is 0. The van der Waals surface area contributed by atoms with E-state index < -0.39 is 0 Å². The van der Waals surface area contributed by atoms with Gasteiger partial charge >= 0.3 is 6.09 Å². The summed E-state index contributed by atoms with van der Waals surface area (Å²) in [6.07, 6.45) is 0.992. The molecule has 0 aromatic heterocycles. The van der Waals surface area contributed by atoms with E-state index in [0.717, 1.165) is 19.5 Å². The monoisotopic (exact) mass is 171 g/mol. The van der Waals surface area contributed by atoms with Crippen molar-refractivity contribution in [1.29, 1.82) is 0 Å². The molecule has 3 heteroatoms. The maximum atomic E-state index is 11.2. The fourth-order valence-electron chi connectivity index (χ4n) is 0.868. The number of nitrogens with zero attached hydrogens (tertiary/aromatic N) is 1. The number of carbonyl (C=O) groups is 1. The van der Waals surface area contributed by atoms with Gasteiger partial charge in [-0.3, -0.25) is 0 Å². The number of rotatable bonds is 2. The Balaban J connectivity index is 2.25. The summed E-state index contributed by atoms with van der Waals surface area (Å²) in [5, 5.41) is 0. The molecule has 1 atom stereocenters. The van der Waals surface area contributed by atoms with Crippen molar-refractivity contribution in [3.8, 4) is 0 Å². The Hall–Kier alpha value is -0.730. The predicted molar refractivity (Wildman–Crippen MR) is 47.0 cm³/mol. The Morgan fingerprint density at radius 2 is 1.92 bits per heavy atom. The van der Waals surface area contributed by atoms with Gasteiger partial charge in [-0.15, -0.1) is 0 Å². The van der Waals surface area contributed by atoms with Gasteiger partial charge in [0, 0.05) is 13.1 Å². The summed E-state index contributed by atoms with van der Waals surface area (Å²) < 4.78 is 5.20. The standard InChI is InChI=1S/C9H17NO2/c1-7(2)8(3)12-9(11)10-5-4-6-10/h7-8H,4-6H2,1-3H3.